The molecule has 2 rings (SSSR count). The maximum Gasteiger partial charge on any atom is 0.138 e. The van der Waals surface area contributed by atoms with E-state index in [9.17, 15) is 0 Å². The first-order valence-electron chi connectivity index (χ1n) is 7.60. The van der Waals surface area contributed by atoms with Gasteiger partial charge in [-0.15, -0.1) is 11.8 Å². The monoisotopic (exact) mass is 291 g/mol. The van der Waals surface area contributed by atoms with Crippen LogP contribution >= 0.6 is 11.8 Å². The summed E-state index contributed by atoms with van der Waals surface area (Å²) < 4.78 is 2.19. The van der Waals surface area contributed by atoms with E-state index >= 15 is 0 Å². The van der Waals surface area contributed by atoms with Gasteiger partial charge in [0.25, 0.3) is 0 Å². The molecule has 2 aromatic heterocycles. The number of aromatic nitrogens is 2. The molecule has 4 heteroatoms. The van der Waals surface area contributed by atoms with E-state index in [0.717, 1.165) is 29.3 Å². The summed E-state index contributed by atoms with van der Waals surface area (Å²) in [5.74, 6) is 1.14. The molecular formula is C16H25N3S. The van der Waals surface area contributed by atoms with Crippen molar-refractivity contribution in [2.45, 2.75) is 57.0 Å². The molecule has 0 fully saturated rings. The lowest BCUT2D eigenvalue weighted by Gasteiger charge is -2.10. The number of nitrogens with zero attached hydrogens (tertiary/aromatic N) is 2. The molecule has 2 N–H and O–H groups in total. The number of rotatable bonds is 8. The van der Waals surface area contributed by atoms with Crippen molar-refractivity contribution >= 4 is 17.4 Å². The predicted octanol–water partition coefficient (Wildman–Crippen LogP) is 3.90. The van der Waals surface area contributed by atoms with Crippen molar-refractivity contribution in [3.05, 3.63) is 30.1 Å². The predicted molar refractivity (Wildman–Crippen MR) is 87.4 cm³/mol. The Morgan fingerprint density at radius 1 is 1.30 bits per heavy atom. The van der Waals surface area contributed by atoms with Crippen LogP contribution in [-0.4, -0.2) is 21.2 Å². The van der Waals surface area contributed by atoms with E-state index in [0.29, 0.717) is 0 Å². The zero-order chi connectivity index (χ0) is 14.4. The topological polar surface area (TPSA) is 43.3 Å². The van der Waals surface area contributed by atoms with Gasteiger partial charge in [0, 0.05) is 18.7 Å². The highest BCUT2D eigenvalue weighted by molar-refractivity contribution is 7.99. The second-order valence-corrected chi connectivity index (χ2v) is 6.30. The van der Waals surface area contributed by atoms with Gasteiger partial charge in [0.15, 0.2) is 0 Å². The summed E-state index contributed by atoms with van der Waals surface area (Å²) in [7, 11) is 0. The SMILES string of the molecule is CCCCCSc1nc2ccccn2c1CC(N)CC. The van der Waals surface area contributed by atoms with Crippen LogP contribution in [0.1, 0.15) is 45.2 Å². The fourth-order valence-corrected chi connectivity index (χ4v) is 3.29. The molecule has 0 aliphatic heterocycles. The summed E-state index contributed by atoms with van der Waals surface area (Å²) in [6.07, 6.45) is 7.81. The molecule has 2 heterocycles. The number of pyridine rings is 1. The summed E-state index contributed by atoms with van der Waals surface area (Å²) in [5, 5.41) is 1.16. The Labute approximate surface area is 126 Å². The van der Waals surface area contributed by atoms with Crippen LogP contribution < -0.4 is 5.73 Å². The van der Waals surface area contributed by atoms with Crippen LogP contribution in [0.2, 0.25) is 0 Å². The Bertz CT molecular complexity index is 536. The zero-order valence-corrected chi connectivity index (χ0v) is 13.3. The molecule has 110 valence electrons. The molecule has 2 aromatic rings. The molecule has 20 heavy (non-hydrogen) atoms. The van der Waals surface area contributed by atoms with E-state index in [1.807, 2.05) is 17.8 Å². The van der Waals surface area contributed by atoms with Gasteiger partial charge in [0.05, 0.1) is 5.69 Å². The van der Waals surface area contributed by atoms with Crippen molar-refractivity contribution < 1.29 is 0 Å². The minimum absolute atomic E-state index is 0.213. The van der Waals surface area contributed by atoms with Crippen molar-refractivity contribution in [2.24, 2.45) is 5.73 Å². The second-order valence-electron chi connectivity index (χ2n) is 5.22. The van der Waals surface area contributed by atoms with Crippen molar-refractivity contribution in [2.75, 3.05) is 5.75 Å². The molecular weight excluding hydrogens is 266 g/mol. The van der Waals surface area contributed by atoms with Crippen LogP contribution in [0.15, 0.2) is 29.4 Å². The van der Waals surface area contributed by atoms with Gasteiger partial charge in [0.1, 0.15) is 10.7 Å². The largest absolute Gasteiger partial charge is 0.327 e. The van der Waals surface area contributed by atoms with E-state index in [-0.39, 0.29) is 6.04 Å². The third-order valence-corrected chi connectivity index (χ3v) is 4.65. The summed E-state index contributed by atoms with van der Waals surface area (Å²) in [5.41, 5.74) is 8.46. The Balaban J connectivity index is 2.19. The van der Waals surface area contributed by atoms with E-state index < -0.39 is 0 Å². The molecule has 3 nitrogen and oxygen atoms in total. The summed E-state index contributed by atoms with van der Waals surface area (Å²) in [4.78, 5) is 4.77. The van der Waals surface area contributed by atoms with E-state index in [1.54, 1.807) is 0 Å². The third-order valence-electron chi connectivity index (χ3n) is 3.56. The first-order chi connectivity index (χ1) is 9.76. The van der Waals surface area contributed by atoms with Crippen LogP contribution in [0.4, 0.5) is 0 Å². The molecule has 0 saturated carbocycles. The van der Waals surface area contributed by atoms with Crippen LogP contribution in [-0.2, 0) is 6.42 Å². The number of hydrogen-bond donors (Lipinski definition) is 1. The van der Waals surface area contributed by atoms with Gasteiger partial charge in [-0.2, -0.15) is 0 Å². The van der Waals surface area contributed by atoms with E-state index in [2.05, 4.69) is 36.6 Å². The van der Waals surface area contributed by atoms with Gasteiger partial charge >= 0.3 is 0 Å². The molecule has 0 bridgehead atoms. The Hall–Kier alpha value is -1.00. The van der Waals surface area contributed by atoms with Gasteiger partial charge in [-0.25, -0.2) is 4.98 Å². The highest BCUT2D eigenvalue weighted by Gasteiger charge is 2.14. The van der Waals surface area contributed by atoms with Crippen LogP contribution in [0.5, 0.6) is 0 Å². The lowest BCUT2D eigenvalue weighted by Crippen LogP contribution is -2.22. The molecule has 0 aliphatic rings. The van der Waals surface area contributed by atoms with Crippen molar-refractivity contribution in [3.63, 3.8) is 0 Å². The third kappa shape index (κ3) is 3.76. The number of hydrogen-bond acceptors (Lipinski definition) is 3. The quantitative estimate of drug-likeness (QED) is 0.592. The molecule has 0 aromatic carbocycles. The Morgan fingerprint density at radius 2 is 2.15 bits per heavy atom. The lowest BCUT2D eigenvalue weighted by molar-refractivity contribution is 0.627. The smallest absolute Gasteiger partial charge is 0.138 e. The first kappa shape index (κ1) is 15.4. The normalized spacial score (nSPS) is 12.9. The highest BCUT2D eigenvalue weighted by atomic mass is 32.2. The van der Waals surface area contributed by atoms with Gasteiger partial charge in [-0.05, 0) is 30.7 Å². The van der Waals surface area contributed by atoms with Gasteiger partial charge < -0.3 is 10.1 Å². The Kier molecular flexibility index (Phi) is 5.92. The maximum absolute atomic E-state index is 6.15. The number of unbranched alkanes of at least 4 members (excludes halogenated alkanes) is 2. The number of fused-ring (bicyclic) bond motifs is 1. The van der Waals surface area contributed by atoms with Gasteiger partial charge in [-0.3, -0.25) is 0 Å². The maximum atomic E-state index is 6.15. The molecule has 0 amide bonds. The lowest BCUT2D eigenvalue weighted by atomic mass is 10.1. The van der Waals surface area contributed by atoms with E-state index in [1.165, 1.54) is 25.0 Å². The first-order valence-corrected chi connectivity index (χ1v) is 8.59. The molecule has 0 spiro atoms. The molecule has 0 saturated heterocycles. The summed E-state index contributed by atoms with van der Waals surface area (Å²) >= 11 is 1.88. The van der Waals surface area contributed by atoms with Crippen molar-refractivity contribution in [1.82, 2.24) is 9.38 Å². The average Bonchev–Trinajstić information content (AvgIpc) is 2.81. The van der Waals surface area contributed by atoms with Crippen LogP contribution in [0, 0.1) is 0 Å². The number of thioether (sulfide) groups is 1. The second kappa shape index (κ2) is 7.70. The zero-order valence-electron chi connectivity index (χ0n) is 12.5. The van der Waals surface area contributed by atoms with Gasteiger partial charge in [-0.1, -0.05) is 32.8 Å². The molecule has 0 aliphatic carbocycles. The molecule has 1 unspecified atom stereocenters. The molecule has 1 atom stereocenters. The molecule has 0 radical (unpaired) electrons. The fourth-order valence-electron chi connectivity index (χ4n) is 2.24. The van der Waals surface area contributed by atoms with Crippen LogP contribution in [0.25, 0.3) is 5.65 Å². The Morgan fingerprint density at radius 3 is 2.90 bits per heavy atom. The standard InChI is InChI=1S/C16H25N3S/c1-3-5-8-11-20-16-14(12-13(17)4-2)19-10-7-6-9-15(19)18-16/h6-7,9-10,13H,3-5,8,11-12,17H2,1-2H3. The van der Waals surface area contributed by atoms with E-state index in [4.69, 9.17) is 10.7 Å². The number of nitrogens with two attached hydrogens (primary N) is 1. The van der Waals surface area contributed by atoms with Crippen molar-refractivity contribution in [1.29, 1.82) is 0 Å². The van der Waals surface area contributed by atoms with Crippen LogP contribution in [0.3, 0.4) is 0 Å². The minimum Gasteiger partial charge on any atom is -0.327 e. The summed E-state index contributed by atoms with van der Waals surface area (Å²) in [6, 6.07) is 6.38. The minimum atomic E-state index is 0.213. The average molecular weight is 291 g/mol. The highest BCUT2D eigenvalue weighted by Crippen LogP contribution is 2.25. The van der Waals surface area contributed by atoms with Gasteiger partial charge in [0.2, 0.25) is 0 Å². The number of imidazole rings is 1. The summed E-state index contributed by atoms with van der Waals surface area (Å²) in [6.45, 7) is 4.38. The fraction of sp³-hybridized carbons (Fsp3) is 0.562. The van der Waals surface area contributed by atoms with Crippen molar-refractivity contribution in [3.8, 4) is 0 Å².